The van der Waals surface area contributed by atoms with Gasteiger partial charge in [0.2, 0.25) is 0 Å². The number of rotatable bonds is 3. The smallest absolute Gasteiger partial charge is 0.254 e. The van der Waals surface area contributed by atoms with Crippen LogP contribution < -0.4 is 5.32 Å². The van der Waals surface area contributed by atoms with Crippen LogP contribution in [0.2, 0.25) is 15.1 Å². The molecule has 0 heterocycles. The monoisotopic (exact) mass is 335 g/mol. The van der Waals surface area contributed by atoms with Gasteiger partial charge in [-0.1, -0.05) is 34.8 Å². The molecule has 1 amide bonds. The minimum absolute atomic E-state index is 0.0939. The first kappa shape index (κ1) is 15.9. The normalized spacial score (nSPS) is 22.6. The second-order valence-corrected chi connectivity index (χ2v) is 6.28. The van der Waals surface area contributed by atoms with Gasteiger partial charge in [-0.2, -0.15) is 0 Å². The van der Waals surface area contributed by atoms with Gasteiger partial charge in [0.25, 0.3) is 5.91 Å². The Morgan fingerprint density at radius 1 is 1.15 bits per heavy atom. The number of carbonyl (C=O) groups is 1. The molecular weight excluding hydrogens is 321 g/mol. The molecule has 0 atom stereocenters. The van der Waals surface area contributed by atoms with Crippen LogP contribution in [0.5, 0.6) is 0 Å². The molecule has 20 heavy (non-hydrogen) atoms. The van der Waals surface area contributed by atoms with Gasteiger partial charge in [-0.25, -0.2) is 0 Å². The molecule has 2 rings (SSSR count). The zero-order valence-corrected chi connectivity index (χ0v) is 13.1. The Labute approximate surface area is 133 Å². The molecule has 1 aliphatic rings. The predicted octanol–water partition coefficient (Wildman–Crippen LogP) is 3.93. The van der Waals surface area contributed by atoms with Gasteiger partial charge in [-0.3, -0.25) is 4.79 Å². The molecule has 0 spiro atoms. The van der Waals surface area contributed by atoms with E-state index in [1.54, 1.807) is 12.1 Å². The third kappa shape index (κ3) is 3.59. The standard InChI is InChI=1S/C14H16Cl3NO2/c15-10-5-6-11(16)13(17)12(10)14(20)18-9-3-1-8(7-19)2-4-9/h5-6,8-9,19H,1-4,7H2,(H,18,20). The number of aliphatic hydroxyl groups excluding tert-OH is 1. The number of carbonyl (C=O) groups excluding carboxylic acids is 1. The Balaban J connectivity index is 2.04. The number of hydrogen-bond donors (Lipinski definition) is 2. The Bertz CT molecular complexity index is 499. The van der Waals surface area contributed by atoms with E-state index in [0.29, 0.717) is 16.0 Å². The van der Waals surface area contributed by atoms with E-state index in [-0.39, 0.29) is 29.1 Å². The minimum atomic E-state index is -0.296. The largest absolute Gasteiger partial charge is 0.396 e. The molecule has 6 heteroatoms. The number of hydrogen-bond acceptors (Lipinski definition) is 2. The zero-order valence-electron chi connectivity index (χ0n) is 10.8. The maximum absolute atomic E-state index is 12.3. The quantitative estimate of drug-likeness (QED) is 0.822. The number of nitrogens with one attached hydrogen (secondary N) is 1. The summed E-state index contributed by atoms with van der Waals surface area (Å²) < 4.78 is 0. The van der Waals surface area contributed by atoms with Gasteiger partial charge in [0, 0.05) is 12.6 Å². The van der Waals surface area contributed by atoms with Gasteiger partial charge in [0.1, 0.15) is 0 Å². The van der Waals surface area contributed by atoms with E-state index in [9.17, 15) is 4.79 Å². The third-order valence-corrected chi connectivity index (χ3v) is 4.83. The predicted molar refractivity (Wildman–Crippen MR) is 81.8 cm³/mol. The minimum Gasteiger partial charge on any atom is -0.396 e. The maximum Gasteiger partial charge on any atom is 0.254 e. The van der Waals surface area contributed by atoms with E-state index in [1.165, 1.54) is 0 Å². The van der Waals surface area contributed by atoms with Crippen molar-refractivity contribution in [2.75, 3.05) is 6.61 Å². The second kappa shape index (κ2) is 6.99. The van der Waals surface area contributed by atoms with Crippen LogP contribution >= 0.6 is 34.8 Å². The van der Waals surface area contributed by atoms with E-state index in [4.69, 9.17) is 39.9 Å². The first-order valence-electron chi connectivity index (χ1n) is 6.58. The molecule has 2 N–H and O–H groups in total. The van der Waals surface area contributed by atoms with Crippen LogP contribution in [-0.2, 0) is 0 Å². The molecule has 1 aromatic carbocycles. The first-order chi connectivity index (χ1) is 9.52. The van der Waals surface area contributed by atoms with Gasteiger partial charge in [-0.15, -0.1) is 0 Å². The summed E-state index contributed by atoms with van der Waals surface area (Å²) in [5.74, 6) is 0.0523. The molecule has 0 saturated heterocycles. The van der Waals surface area contributed by atoms with Crippen LogP contribution in [0.1, 0.15) is 36.0 Å². The van der Waals surface area contributed by atoms with Gasteiger partial charge in [-0.05, 0) is 43.7 Å². The van der Waals surface area contributed by atoms with Crippen LogP contribution in [0.3, 0.4) is 0 Å². The lowest BCUT2D eigenvalue weighted by Crippen LogP contribution is -2.38. The van der Waals surface area contributed by atoms with Gasteiger partial charge >= 0.3 is 0 Å². The molecular formula is C14H16Cl3NO2. The highest BCUT2D eigenvalue weighted by Crippen LogP contribution is 2.32. The van der Waals surface area contributed by atoms with Crippen LogP contribution in [-0.4, -0.2) is 23.7 Å². The summed E-state index contributed by atoms with van der Waals surface area (Å²) in [5.41, 5.74) is 0.227. The number of amides is 1. The molecule has 1 aliphatic carbocycles. The summed E-state index contributed by atoms with van der Waals surface area (Å²) in [7, 11) is 0. The van der Waals surface area contributed by atoms with Crippen molar-refractivity contribution < 1.29 is 9.90 Å². The lowest BCUT2D eigenvalue weighted by molar-refractivity contribution is 0.0914. The number of benzene rings is 1. The summed E-state index contributed by atoms with van der Waals surface area (Å²) >= 11 is 18.0. The number of aliphatic hydroxyl groups is 1. The van der Waals surface area contributed by atoms with Crippen molar-refractivity contribution in [3.8, 4) is 0 Å². The summed E-state index contributed by atoms with van der Waals surface area (Å²) in [4.78, 5) is 12.3. The summed E-state index contributed by atoms with van der Waals surface area (Å²) in [6.45, 7) is 0.215. The molecule has 1 aromatic rings. The van der Waals surface area contributed by atoms with Crippen molar-refractivity contribution in [3.63, 3.8) is 0 Å². The Kier molecular flexibility index (Phi) is 5.56. The molecule has 0 unspecified atom stereocenters. The van der Waals surface area contributed by atoms with E-state index >= 15 is 0 Å². The molecule has 0 bridgehead atoms. The van der Waals surface area contributed by atoms with E-state index in [0.717, 1.165) is 25.7 Å². The lowest BCUT2D eigenvalue weighted by atomic mass is 9.86. The van der Waals surface area contributed by atoms with Gasteiger partial charge < -0.3 is 10.4 Å². The average Bonchev–Trinajstić information content (AvgIpc) is 2.44. The van der Waals surface area contributed by atoms with E-state index < -0.39 is 0 Å². The molecule has 0 aromatic heterocycles. The average molecular weight is 337 g/mol. The van der Waals surface area contributed by atoms with Crippen molar-refractivity contribution in [1.29, 1.82) is 0 Å². The lowest BCUT2D eigenvalue weighted by Gasteiger charge is -2.28. The highest BCUT2D eigenvalue weighted by Gasteiger charge is 2.24. The van der Waals surface area contributed by atoms with E-state index in [2.05, 4.69) is 5.32 Å². The summed E-state index contributed by atoms with van der Waals surface area (Å²) in [6.07, 6.45) is 3.54. The van der Waals surface area contributed by atoms with Crippen LogP contribution in [0, 0.1) is 5.92 Å². The maximum atomic E-state index is 12.3. The van der Waals surface area contributed by atoms with Crippen molar-refractivity contribution in [2.24, 2.45) is 5.92 Å². The molecule has 1 saturated carbocycles. The third-order valence-electron chi connectivity index (χ3n) is 3.71. The fourth-order valence-corrected chi connectivity index (χ4v) is 3.18. The molecule has 0 radical (unpaired) electrons. The zero-order chi connectivity index (χ0) is 14.7. The van der Waals surface area contributed by atoms with E-state index in [1.807, 2.05) is 0 Å². The summed E-state index contributed by atoms with van der Waals surface area (Å²) in [6, 6.07) is 3.22. The van der Waals surface area contributed by atoms with Gasteiger partial charge in [0.15, 0.2) is 0 Å². The molecule has 3 nitrogen and oxygen atoms in total. The van der Waals surface area contributed by atoms with Crippen molar-refractivity contribution in [2.45, 2.75) is 31.7 Å². The fraction of sp³-hybridized carbons (Fsp3) is 0.500. The Morgan fingerprint density at radius 2 is 1.75 bits per heavy atom. The van der Waals surface area contributed by atoms with Crippen molar-refractivity contribution in [3.05, 3.63) is 32.8 Å². The topological polar surface area (TPSA) is 49.3 Å². The number of halogens is 3. The first-order valence-corrected chi connectivity index (χ1v) is 7.71. The van der Waals surface area contributed by atoms with Crippen LogP contribution in [0.4, 0.5) is 0 Å². The van der Waals surface area contributed by atoms with Crippen molar-refractivity contribution in [1.82, 2.24) is 5.32 Å². The molecule has 110 valence electrons. The highest BCUT2D eigenvalue weighted by molar-refractivity contribution is 6.46. The molecule has 1 fully saturated rings. The Morgan fingerprint density at radius 3 is 2.35 bits per heavy atom. The molecule has 0 aliphatic heterocycles. The van der Waals surface area contributed by atoms with Crippen LogP contribution in [0.25, 0.3) is 0 Å². The SMILES string of the molecule is O=C(NC1CCC(CO)CC1)c1c(Cl)ccc(Cl)c1Cl. The Hall–Kier alpha value is -0.480. The van der Waals surface area contributed by atoms with Crippen LogP contribution in [0.15, 0.2) is 12.1 Å². The fourth-order valence-electron chi connectivity index (χ4n) is 2.48. The second-order valence-electron chi connectivity index (χ2n) is 5.09. The van der Waals surface area contributed by atoms with Crippen molar-refractivity contribution >= 4 is 40.7 Å². The summed E-state index contributed by atoms with van der Waals surface area (Å²) in [5, 5.41) is 12.8. The highest BCUT2D eigenvalue weighted by atomic mass is 35.5. The van der Waals surface area contributed by atoms with Gasteiger partial charge in [0.05, 0.1) is 20.6 Å².